The van der Waals surface area contributed by atoms with Crippen LogP contribution in [0.15, 0.2) is 48.5 Å². The van der Waals surface area contributed by atoms with Crippen molar-refractivity contribution in [1.82, 2.24) is 10.2 Å². The molecule has 0 aromatic heterocycles. The van der Waals surface area contributed by atoms with Crippen LogP contribution in [0.25, 0.3) is 0 Å². The first kappa shape index (κ1) is 19.0. The highest BCUT2D eigenvalue weighted by Gasteiger charge is 2.47. The van der Waals surface area contributed by atoms with E-state index in [4.69, 9.17) is 4.74 Å². The minimum Gasteiger partial charge on any atom is -0.497 e. The lowest BCUT2D eigenvalue weighted by atomic mass is 9.74. The molecule has 28 heavy (non-hydrogen) atoms. The van der Waals surface area contributed by atoms with Gasteiger partial charge in [0.25, 0.3) is 0 Å². The van der Waals surface area contributed by atoms with Gasteiger partial charge in [0.2, 0.25) is 5.91 Å². The fourth-order valence-electron chi connectivity index (χ4n) is 4.75. The Balaban J connectivity index is 1.51. The van der Waals surface area contributed by atoms with Crippen LogP contribution in [0.3, 0.4) is 0 Å². The van der Waals surface area contributed by atoms with Gasteiger partial charge >= 0.3 is 0 Å². The van der Waals surface area contributed by atoms with Crippen LogP contribution in [-0.4, -0.2) is 44.1 Å². The maximum absolute atomic E-state index is 13.6. The van der Waals surface area contributed by atoms with E-state index in [1.807, 2.05) is 12.1 Å². The summed E-state index contributed by atoms with van der Waals surface area (Å²) >= 11 is 0. The first-order chi connectivity index (χ1) is 13.6. The predicted molar refractivity (Wildman–Crippen MR) is 112 cm³/mol. The van der Waals surface area contributed by atoms with Gasteiger partial charge in [-0.2, -0.15) is 0 Å². The summed E-state index contributed by atoms with van der Waals surface area (Å²) in [7, 11) is 1.68. The minimum absolute atomic E-state index is 0.312. The van der Waals surface area contributed by atoms with Crippen molar-refractivity contribution < 1.29 is 9.53 Å². The Morgan fingerprint density at radius 2 is 2.04 bits per heavy atom. The molecule has 2 saturated heterocycles. The van der Waals surface area contributed by atoms with Gasteiger partial charge < -0.3 is 15.0 Å². The summed E-state index contributed by atoms with van der Waals surface area (Å²) in [6.07, 6.45) is 3.00. The number of ether oxygens (including phenoxy) is 1. The second-order valence-electron chi connectivity index (χ2n) is 8.36. The van der Waals surface area contributed by atoms with Crippen molar-refractivity contribution in [3.63, 3.8) is 0 Å². The van der Waals surface area contributed by atoms with Gasteiger partial charge in [0.1, 0.15) is 5.75 Å². The molecule has 0 saturated carbocycles. The summed E-state index contributed by atoms with van der Waals surface area (Å²) in [6.45, 7) is 5.41. The molecular formula is C24H30N2O2. The monoisotopic (exact) mass is 378 g/mol. The molecular weight excluding hydrogens is 348 g/mol. The lowest BCUT2D eigenvalue weighted by Crippen LogP contribution is -2.64. The van der Waals surface area contributed by atoms with E-state index in [1.165, 1.54) is 16.7 Å². The van der Waals surface area contributed by atoms with Crippen molar-refractivity contribution in [3.8, 4) is 5.75 Å². The molecule has 1 unspecified atom stereocenters. The van der Waals surface area contributed by atoms with E-state index in [-0.39, 0.29) is 5.41 Å². The van der Waals surface area contributed by atoms with Crippen molar-refractivity contribution in [2.75, 3.05) is 33.3 Å². The molecule has 148 valence electrons. The average molecular weight is 379 g/mol. The molecule has 4 nitrogen and oxygen atoms in total. The molecule has 2 aromatic rings. The van der Waals surface area contributed by atoms with E-state index < -0.39 is 0 Å². The standard InChI is InChI=1S/C24H30N2O2/c1-18-7-3-4-11-22(18)20-9-6-12-26(15-20)23(27)24(16-25-17-24)14-19-8-5-10-21(13-19)28-2/h3-5,7-8,10-11,13,20,25H,6,9,12,14-17H2,1-2H3. The number of nitrogens with one attached hydrogen (secondary N) is 1. The Labute approximate surface area is 167 Å². The SMILES string of the molecule is COc1cccc(CC2(C(=O)N3CCCC(c4ccccc4C)C3)CNC2)c1. The molecule has 0 aliphatic carbocycles. The Kier molecular flexibility index (Phi) is 5.40. The van der Waals surface area contributed by atoms with Crippen LogP contribution in [0.1, 0.15) is 35.4 Å². The van der Waals surface area contributed by atoms with Gasteiger partial charge in [-0.3, -0.25) is 4.79 Å². The van der Waals surface area contributed by atoms with E-state index in [0.29, 0.717) is 11.8 Å². The number of hydrogen-bond donors (Lipinski definition) is 1. The zero-order chi connectivity index (χ0) is 19.6. The smallest absolute Gasteiger partial charge is 0.231 e. The molecule has 1 N–H and O–H groups in total. The van der Waals surface area contributed by atoms with Crippen LogP contribution in [0, 0.1) is 12.3 Å². The largest absolute Gasteiger partial charge is 0.497 e. The quantitative estimate of drug-likeness (QED) is 0.865. The molecule has 0 spiro atoms. The fourth-order valence-corrected chi connectivity index (χ4v) is 4.75. The number of carbonyl (C=O) groups excluding carboxylic acids is 1. The van der Waals surface area contributed by atoms with Crippen LogP contribution in [0.4, 0.5) is 0 Å². The highest BCUT2D eigenvalue weighted by atomic mass is 16.5. The highest BCUT2D eigenvalue weighted by Crippen LogP contribution is 2.35. The molecule has 1 amide bonds. The summed E-state index contributed by atoms with van der Waals surface area (Å²) < 4.78 is 5.36. The second-order valence-corrected chi connectivity index (χ2v) is 8.36. The van der Waals surface area contributed by atoms with E-state index in [1.54, 1.807) is 7.11 Å². The van der Waals surface area contributed by atoms with Crippen molar-refractivity contribution in [1.29, 1.82) is 0 Å². The number of piperidine rings is 1. The second kappa shape index (κ2) is 7.96. The summed E-state index contributed by atoms with van der Waals surface area (Å²) in [4.78, 5) is 15.7. The van der Waals surface area contributed by atoms with Gasteiger partial charge in [0, 0.05) is 32.1 Å². The molecule has 2 aromatic carbocycles. The summed E-state index contributed by atoms with van der Waals surface area (Å²) in [6, 6.07) is 16.7. The Morgan fingerprint density at radius 3 is 2.75 bits per heavy atom. The Hall–Kier alpha value is -2.33. The van der Waals surface area contributed by atoms with Gasteiger partial charge in [-0.05, 0) is 55.0 Å². The van der Waals surface area contributed by atoms with Gasteiger partial charge in [-0.1, -0.05) is 36.4 Å². The van der Waals surface area contributed by atoms with Crippen LogP contribution in [0.2, 0.25) is 0 Å². The molecule has 4 heteroatoms. The van der Waals surface area contributed by atoms with Crippen molar-refractivity contribution in [2.45, 2.75) is 32.1 Å². The number of likely N-dealkylation sites (tertiary alicyclic amines) is 1. The normalized spacial score (nSPS) is 21.1. The maximum Gasteiger partial charge on any atom is 0.231 e. The van der Waals surface area contributed by atoms with Crippen LogP contribution < -0.4 is 10.1 Å². The van der Waals surface area contributed by atoms with Gasteiger partial charge in [-0.15, -0.1) is 0 Å². The molecule has 2 aliphatic rings. The summed E-state index contributed by atoms with van der Waals surface area (Å²) in [5, 5.41) is 3.34. The van der Waals surface area contributed by atoms with E-state index in [0.717, 1.165) is 51.2 Å². The lowest BCUT2D eigenvalue weighted by molar-refractivity contribution is -0.146. The van der Waals surface area contributed by atoms with Crippen LogP contribution in [0.5, 0.6) is 5.75 Å². The van der Waals surface area contributed by atoms with Crippen LogP contribution in [-0.2, 0) is 11.2 Å². The minimum atomic E-state index is -0.319. The number of benzene rings is 2. The van der Waals surface area contributed by atoms with Gasteiger partial charge in [0.05, 0.1) is 12.5 Å². The molecule has 2 fully saturated rings. The van der Waals surface area contributed by atoms with E-state index >= 15 is 0 Å². The third kappa shape index (κ3) is 3.66. The Morgan fingerprint density at radius 1 is 1.21 bits per heavy atom. The van der Waals surface area contributed by atoms with E-state index in [9.17, 15) is 4.79 Å². The molecule has 0 radical (unpaired) electrons. The highest BCUT2D eigenvalue weighted by molar-refractivity contribution is 5.85. The predicted octanol–water partition coefficient (Wildman–Crippen LogP) is 3.54. The number of nitrogens with zero attached hydrogens (tertiary/aromatic N) is 1. The number of hydrogen-bond acceptors (Lipinski definition) is 3. The Bertz CT molecular complexity index is 844. The average Bonchev–Trinajstić information content (AvgIpc) is 2.71. The van der Waals surface area contributed by atoms with Crippen molar-refractivity contribution in [2.24, 2.45) is 5.41 Å². The number of carbonyl (C=O) groups is 1. The fraction of sp³-hybridized carbons (Fsp3) is 0.458. The van der Waals surface area contributed by atoms with Crippen molar-refractivity contribution in [3.05, 3.63) is 65.2 Å². The number of aryl methyl sites for hydroxylation is 1. The molecule has 2 aliphatic heterocycles. The maximum atomic E-state index is 13.6. The zero-order valence-corrected chi connectivity index (χ0v) is 16.9. The summed E-state index contributed by atoms with van der Waals surface area (Å²) in [5.41, 5.74) is 3.58. The molecule has 2 heterocycles. The number of methoxy groups -OCH3 is 1. The molecule has 1 atom stereocenters. The third-order valence-corrected chi connectivity index (χ3v) is 6.39. The lowest BCUT2D eigenvalue weighted by Gasteiger charge is -2.46. The summed E-state index contributed by atoms with van der Waals surface area (Å²) in [5.74, 6) is 1.61. The van der Waals surface area contributed by atoms with Gasteiger partial charge in [0.15, 0.2) is 0 Å². The molecule has 4 rings (SSSR count). The third-order valence-electron chi connectivity index (χ3n) is 6.39. The number of rotatable bonds is 5. The topological polar surface area (TPSA) is 41.6 Å². The first-order valence-electron chi connectivity index (χ1n) is 10.3. The zero-order valence-electron chi connectivity index (χ0n) is 16.9. The van der Waals surface area contributed by atoms with Crippen molar-refractivity contribution >= 4 is 5.91 Å². The number of amides is 1. The van der Waals surface area contributed by atoms with Gasteiger partial charge in [-0.25, -0.2) is 0 Å². The molecule has 0 bridgehead atoms. The van der Waals surface area contributed by atoms with E-state index in [2.05, 4.69) is 53.5 Å². The first-order valence-corrected chi connectivity index (χ1v) is 10.3. The van der Waals surface area contributed by atoms with Crippen LogP contribution >= 0.6 is 0 Å².